The summed E-state index contributed by atoms with van der Waals surface area (Å²) in [5, 5.41) is 41.4. The lowest BCUT2D eigenvalue weighted by atomic mass is 9.63. The van der Waals surface area contributed by atoms with Gasteiger partial charge in [0, 0.05) is 19.0 Å². The minimum atomic E-state index is -1.75. The van der Waals surface area contributed by atoms with E-state index in [1.165, 1.54) is 0 Å². The first-order valence-electron chi connectivity index (χ1n) is 8.30. The third-order valence-electron chi connectivity index (χ3n) is 5.15. The molecular formula is C19H20N6. The molecule has 0 amide bonds. The Balaban J connectivity index is 2.62. The standard InChI is InChI=1S/C19H20N6/c1-3-25(4-2)24-17-10-16(15-8-6-5-7-9-15)18(11-20,12-21)19(17,13-22)14-23/h5-9,16-17,24H,3-4,10H2,1-2H3. The van der Waals surface area contributed by atoms with Gasteiger partial charge in [-0.15, -0.1) is 0 Å². The van der Waals surface area contributed by atoms with E-state index in [-0.39, 0.29) is 0 Å². The number of hydrazine groups is 1. The van der Waals surface area contributed by atoms with Crippen molar-refractivity contribution in [1.29, 1.82) is 21.0 Å². The van der Waals surface area contributed by atoms with Crippen LogP contribution in [0.3, 0.4) is 0 Å². The maximum Gasteiger partial charge on any atom is 0.192 e. The molecule has 6 heteroatoms. The average Bonchev–Trinajstić information content (AvgIpc) is 2.96. The number of hydrogen-bond acceptors (Lipinski definition) is 6. The lowest BCUT2D eigenvalue weighted by Crippen LogP contribution is -2.53. The van der Waals surface area contributed by atoms with Gasteiger partial charge in [0.2, 0.25) is 0 Å². The molecule has 25 heavy (non-hydrogen) atoms. The molecule has 0 aromatic heterocycles. The molecule has 0 saturated heterocycles. The minimum absolute atomic E-state index is 0.364. The van der Waals surface area contributed by atoms with Gasteiger partial charge in [-0.05, 0) is 12.0 Å². The molecule has 126 valence electrons. The summed E-state index contributed by atoms with van der Waals surface area (Å²) in [6.07, 6.45) is 0.364. The van der Waals surface area contributed by atoms with Crippen LogP contribution in [-0.2, 0) is 0 Å². The maximum atomic E-state index is 9.90. The van der Waals surface area contributed by atoms with Gasteiger partial charge in [0.25, 0.3) is 0 Å². The number of nitriles is 4. The number of benzene rings is 1. The first kappa shape index (κ1) is 18.4. The molecule has 0 spiro atoms. The summed E-state index contributed by atoms with van der Waals surface area (Å²) >= 11 is 0. The van der Waals surface area contributed by atoms with Crippen molar-refractivity contribution in [2.24, 2.45) is 10.8 Å². The highest BCUT2D eigenvalue weighted by molar-refractivity contribution is 5.47. The molecule has 0 heterocycles. The molecule has 1 N–H and O–H groups in total. The van der Waals surface area contributed by atoms with Gasteiger partial charge in [0.1, 0.15) is 0 Å². The normalized spacial score (nSPS) is 23.2. The monoisotopic (exact) mass is 332 g/mol. The molecule has 1 fully saturated rings. The molecule has 2 rings (SSSR count). The van der Waals surface area contributed by atoms with Crippen molar-refractivity contribution in [1.82, 2.24) is 10.4 Å². The Labute approximate surface area is 148 Å². The molecule has 0 bridgehead atoms. The molecule has 6 nitrogen and oxygen atoms in total. The Hall–Kier alpha value is -2.90. The smallest absolute Gasteiger partial charge is 0.192 e. The van der Waals surface area contributed by atoms with Crippen LogP contribution in [0, 0.1) is 56.2 Å². The zero-order valence-electron chi connectivity index (χ0n) is 14.4. The van der Waals surface area contributed by atoms with Gasteiger partial charge >= 0.3 is 0 Å². The summed E-state index contributed by atoms with van der Waals surface area (Å²) in [4.78, 5) is 0. The van der Waals surface area contributed by atoms with Crippen LogP contribution in [0.15, 0.2) is 30.3 Å². The predicted octanol–water partition coefficient (Wildman–Crippen LogP) is 2.46. The van der Waals surface area contributed by atoms with Crippen LogP contribution < -0.4 is 5.43 Å². The zero-order chi connectivity index (χ0) is 18.5. The van der Waals surface area contributed by atoms with E-state index in [0.29, 0.717) is 19.5 Å². The fourth-order valence-corrected chi connectivity index (χ4v) is 3.70. The van der Waals surface area contributed by atoms with Gasteiger partial charge < -0.3 is 0 Å². The second-order valence-electron chi connectivity index (χ2n) is 6.12. The highest BCUT2D eigenvalue weighted by Gasteiger charge is 2.69. The van der Waals surface area contributed by atoms with E-state index < -0.39 is 22.8 Å². The summed E-state index contributed by atoms with van der Waals surface area (Å²) in [5.41, 5.74) is 0.529. The minimum Gasteiger partial charge on any atom is -0.249 e. The van der Waals surface area contributed by atoms with E-state index in [1.807, 2.05) is 73.5 Å². The van der Waals surface area contributed by atoms with Crippen molar-refractivity contribution < 1.29 is 0 Å². The van der Waals surface area contributed by atoms with E-state index in [1.54, 1.807) is 0 Å². The Morgan fingerprint density at radius 3 is 1.92 bits per heavy atom. The number of hydrogen-bond donors (Lipinski definition) is 1. The third kappa shape index (κ3) is 2.63. The van der Waals surface area contributed by atoms with E-state index in [9.17, 15) is 21.0 Å². The predicted molar refractivity (Wildman–Crippen MR) is 91.0 cm³/mol. The second kappa shape index (κ2) is 7.33. The Morgan fingerprint density at radius 2 is 1.48 bits per heavy atom. The molecule has 2 atom stereocenters. The van der Waals surface area contributed by atoms with Gasteiger partial charge in [0.15, 0.2) is 10.8 Å². The molecule has 1 saturated carbocycles. The molecule has 1 aromatic carbocycles. The number of nitrogens with one attached hydrogen (secondary N) is 1. The summed E-state index contributed by atoms with van der Waals surface area (Å²) in [7, 11) is 0. The fourth-order valence-electron chi connectivity index (χ4n) is 3.70. The van der Waals surface area contributed by atoms with E-state index in [0.717, 1.165) is 5.56 Å². The van der Waals surface area contributed by atoms with Crippen molar-refractivity contribution in [3.63, 3.8) is 0 Å². The zero-order valence-corrected chi connectivity index (χ0v) is 14.4. The Kier molecular flexibility index (Phi) is 5.41. The molecule has 2 unspecified atom stereocenters. The van der Waals surface area contributed by atoms with Crippen molar-refractivity contribution >= 4 is 0 Å². The van der Waals surface area contributed by atoms with Gasteiger partial charge in [0.05, 0.1) is 30.3 Å². The van der Waals surface area contributed by atoms with Gasteiger partial charge in [-0.1, -0.05) is 44.2 Å². The lowest BCUT2D eigenvalue weighted by Gasteiger charge is -2.33. The third-order valence-corrected chi connectivity index (χ3v) is 5.15. The topological polar surface area (TPSA) is 110 Å². The molecule has 1 aliphatic carbocycles. The van der Waals surface area contributed by atoms with Crippen molar-refractivity contribution in [2.45, 2.75) is 32.2 Å². The summed E-state index contributed by atoms with van der Waals surface area (Å²) in [6.45, 7) is 5.29. The van der Waals surface area contributed by atoms with E-state index in [4.69, 9.17) is 0 Å². The van der Waals surface area contributed by atoms with E-state index >= 15 is 0 Å². The van der Waals surface area contributed by atoms with Crippen LogP contribution in [0.2, 0.25) is 0 Å². The quantitative estimate of drug-likeness (QED) is 0.829. The number of rotatable bonds is 5. The Bertz CT molecular complexity index is 741. The first-order chi connectivity index (χ1) is 12.1. The molecule has 1 aliphatic rings. The molecule has 0 aliphatic heterocycles. The van der Waals surface area contributed by atoms with Crippen LogP contribution >= 0.6 is 0 Å². The SMILES string of the molecule is CCN(CC)NC1CC(c2ccccc2)C(C#N)(C#N)C1(C#N)C#N. The molecule has 1 aromatic rings. The largest absolute Gasteiger partial charge is 0.249 e. The lowest BCUT2D eigenvalue weighted by molar-refractivity contribution is 0.138. The van der Waals surface area contributed by atoms with Gasteiger partial charge in [-0.3, -0.25) is 0 Å². The highest BCUT2D eigenvalue weighted by atomic mass is 15.5. The average molecular weight is 332 g/mol. The van der Waals surface area contributed by atoms with Crippen molar-refractivity contribution in [3.8, 4) is 24.3 Å². The summed E-state index contributed by atoms with van der Waals surface area (Å²) in [5.74, 6) is -0.518. The first-order valence-corrected chi connectivity index (χ1v) is 8.30. The van der Waals surface area contributed by atoms with Crippen molar-refractivity contribution in [2.75, 3.05) is 13.1 Å². The van der Waals surface area contributed by atoms with Crippen LogP contribution in [0.4, 0.5) is 0 Å². The highest BCUT2D eigenvalue weighted by Crippen LogP contribution is 2.59. The molecule has 0 radical (unpaired) electrons. The van der Waals surface area contributed by atoms with Crippen LogP contribution in [0.25, 0.3) is 0 Å². The Morgan fingerprint density at radius 1 is 0.960 bits per heavy atom. The maximum absolute atomic E-state index is 9.90. The van der Waals surface area contributed by atoms with Crippen LogP contribution in [0.5, 0.6) is 0 Å². The summed E-state index contributed by atoms with van der Waals surface area (Å²) < 4.78 is 0. The molecular weight excluding hydrogens is 312 g/mol. The van der Waals surface area contributed by atoms with E-state index in [2.05, 4.69) is 5.43 Å². The fraction of sp³-hybridized carbons (Fsp3) is 0.474. The van der Waals surface area contributed by atoms with Crippen molar-refractivity contribution in [3.05, 3.63) is 35.9 Å². The van der Waals surface area contributed by atoms with Crippen LogP contribution in [-0.4, -0.2) is 24.1 Å². The van der Waals surface area contributed by atoms with Gasteiger partial charge in [-0.25, -0.2) is 10.4 Å². The summed E-state index contributed by atoms with van der Waals surface area (Å²) in [6, 6.07) is 16.7. The second-order valence-corrected chi connectivity index (χ2v) is 6.12. The van der Waals surface area contributed by atoms with Crippen LogP contribution in [0.1, 0.15) is 31.7 Å². The van der Waals surface area contributed by atoms with Gasteiger partial charge in [-0.2, -0.15) is 21.0 Å². The number of nitrogens with zero attached hydrogens (tertiary/aromatic N) is 5.